The van der Waals surface area contributed by atoms with Crippen LogP contribution in [0.5, 0.6) is 0 Å². The number of rotatable bonds is 3. The van der Waals surface area contributed by atoms with Gasteiger partial charge in [-0.05, 0) is 12.8 Å². The summed E-state index contributed by atoms with van der Waals surface area (Å²) in [7, 11) is 0. The molecule has 1 aliphatic heterocycles. The molecule has 2 fully saturated rings. The van der Waals surface area contributed by atoms with Crippen LogP contribution in [0.1, 0.15) is 19.3 Å². The highest BCUT2D eigenvalue weighted by atomic mass is 16.6. The molecule has 0 aromatic rings. The van der Waals surface area contributed by atoms with E-state index in [9.17, 15) is 9.59 Å². The Hall–Kier alpha value is -1.26. The summed E-state index contributed by atoms with van der Waals surface area (Å²) in [5, 5.41) is 8.59. The molecule has 1 amide bonds. The van der Waals surface area contributed by atoms with Gasteiger partial charge in [0.1, 0.15) is 6.61 Å². The zero-order valence-corrected chi connectivity index (χ0v) is 7.10. The Morgan fingerprint density at radius 1 is 1.62 bits per heavy atom. The van der Waals surface area contributed by atoms with Gasteiger partial charge in [-0.3, -0.25) is 9.69 Å². The summed E-state index contributed by atoms with van der Waals surface area (Å²) >= 11 is 0. The summed E-state index contributed by atoms with van der Waals surface area (Å²) in [6.45, 7) is 0.224. The van der Waals surface area contributed by atoms with Crippen molar-refractivity contribution in [1.82, 2.24) is 4.90 Å². The van der Waals surface area contributed by atoms with E-state index in [2.05, 4.69) is 0 Å². The van der Waals surface area contributed by atoms with Gasteiger partial charge in [0, 0.05) is 6.04 Å². The van der Waals surface area contributed by atoms with E-state index >= 15 is 0 Å². The Balaban J connectivity index is 2.01. The standard InChI is InChI=1S/C8H11NO4/c10-7(11)3-6-4-13-8(12)9(6)5-1-2-5/h5-6H,1-4H2,(H,10,11). The van der Waals surface area contributed by atoms with E-state index in [1.165, 1.54) is 0 Å². The summed E-state index contributed by atoms with van der Waals surface area (Å²) in [6.07, 6.45) is 1.59. The SMILES string of the molecule is O=C(O)CC1COC(=O)N1C1CC1. The van der Waals surface area contributed by atoms with E-state index in [0.29, 0.717) is 0 Å². The Bertz CT molecular complexity index is 249. The fourth-order valence-corrected chi connectivity index (χ4v) is 1.63. The van der Waals surface area contributed by atoms with Crippen LogP contribution in [0.4, 0.5) is 4.79 Å². The number of amides is 1. The number of aliphatic carboxylic acids is 1. The maximum Gasteiger partial charge on any atom is 0.410 e. The molecule has 1 atom stereocenters. The summed E-state index contributed by atoms with van der Waals surface area (Å²) in [5.41, 5.74) is 0. The van der Waals surface area contributed by atoms with Gasteiger partial charge >= 0.3 is 12.1 Å². The van der Waals surface area contributed by atoms with Gasteiger partial charge in [-0.2, -0.15) is 0 Å². The van der Waals surface area contributed by atoms with Crippen molar-refractivity contribution in [2.75, 3.05) is 6.61 Å². The zero-order valence-electron chi connectivity index (χ0n) is 7.10. The quantitative estimate of drug-likeness (QED) is 0.693. The summed E-state index contributed by atoms with van der Waals surface area (Å²) in [6, 6.07) is -0.0168. The number of carbonyl (C=O) groups excluding carboxylic acids is 1. The minimum absolute atomic E-state index is 0.0117. The maximum absolute atomic E-state index is 11.2. The first-order chi connectivity index (χ1) is 6.18. The molecule has 13 heavy (non-hydrogen) atoms. The smallest absolute Gasteiger partial charge is 0.410 e. The maximum atomic E-state index is 11.2. The van der Waals surface area contributed by atoms with E-state index in [0.717, 1.165) is 12.8 Å². The average Bonchev–Trinajstić information content (AvgIpc) is 2.79. The van der Waals surface area contributed by atoms with Crippen LogP contribution >= 0.6 is 0 Å². The van der Waals surface area contributed by atoms with Crippen LogP contribution in [-0.2, 0) is 9.53 Å². The van der Waals surface area contributed by atoms with Gasteiger partial charge in [0.05, 0.1) is 12.5 Å². The Kier molecular flexibility index (Phi) is 1.86. The summed E-state index contributed by atoms with van der Waals surface area (Å²) in [4.78, 5) is 23.2. The fraction of sp³-hybridized carbons (Fsp3) is 0.750. The highest BCUT2D eigenvalue weighted by Crippen LogP contribution is 2.32. The minimum Gasteiger partial charge on any atom is -0.481 e. The van der Waals surface area contributed by atoms with E-state index in [-0.39, 0.29) is 31.2 Å². The Labute approximate surface area is 75.3 Å². The first-order valence-corrected chi connectivity index (χ1v) is 4.35. The molecule has 2 aliphatic rings. The monoisotopic (exact) mass is 185 g/mol. The predicted octanol–water partition coefficient (Wildman–Crippen LogP) is 0.444. The lowest BCUT2D eigenvalue weighted by Gasteiger charge is -2.18. The predicted molar refractivity (Wildman–Crippen MR) is 42.2 cm³/mol. The van der Waals surface area contributed by atoms with Crippen molar-refractivity contribution in [2.45, 2.75) is 31.3 Å². The molecule has 1 N–H and O–H groups in total. The minimum atomic E-state index is -0.881. The summed E-state index contributed by atoms with van der Waals surface area (Å²) < 4.78 is 4.80. The number of carboxylic acids is 1. The molecule has 1 saturated heterocycles. The third-order valence-corrected chi connectivity index (χ3v) is 2.35. The lowest BCUT2D eigenvalue weighted by molar-refractivity contribution is -0.138. The van der Waals surface area contributed by atoms with Crippen molar-refractivity contribution in [3.8, 4) is 0 Å². The van der Waals surface area contributed by atoms with Crippen LogP contribution < -0.4 is 0 Å². The number of nitrogens with zero attached hydrogens (tertiary/aromatic N) is 1. The molecule has 5 heteroatoms. The van der Waals surface area contributed by atoms with Crippen LogP contribution in [0.2, 0.25) is 0 Å². The Morgan fingerprint density at radius 2 is 2.31 bits per heavy atom. The van der Waals surface area contributed by atoms with Gasteiger partial charge in [0.2, 0.25) is 0 Å². The highest BCUT2D eigenvalue weighted by Gasteiger charge is 2.43. The van der Waals surface area contributed by atoms with Gasteiger partial charge in [0.25, 0.3) is 0 Å². The lowest BCUT2D eigenvalue weighted by atomic mass is 10.2. The van der Waals surface area contributed by atoms with Crippen molar-refractivity contribution in [2.24, 2.45) is 0 Å². The highest BCUT2D eigenvalue weighted by molar-refractivity contribution is 5.74. The topological polar surface area (TPSA) is 66.8 Å². The second-order valence-electron chi connectivity index (χ2n) is 3.47. The van der Waals surface area contributed by atoms with E-state index in [4.69, 9.17) is 9.84 Å². The van der Waals surface area contributed by atoms with Gasteiger partial charge < -0.3 is 9.84 Å². The van der Waals surface area contributed by atoms with Crippen molar-refractivity contribution >= 4 is 12.1 Å². The molecule has 1 aliphatic carbocycles. The average molecular weight is 185 g/mol. The lowest BCUT2D eigenvalue weighted by Crippen LogP contribution is -2.36. The van der Waals surface area contributed by atoms with E-state index < -0.39 is 5.97 Å². The second-order valence-corrected chi connectivity index (χ2v) is 3.47. The molecule has 0 aromatic heterocycles. The third-order valence-electron chi connectivity index (χ3n) is 2.35. The first-order valence-electron chi connectivity index (χ1n) is 4.35. The largest absolute Gasteiger partial charge is 0.481 e. The molecule has 1 unspecified atom stereocenters. The number of hydrogen-bond donors (Lipinski definition) is 1. The van der Waals surface area contributed by atoms with Crippen molar-refractivity contribution in [1.29, 1.82) is 0 Å². The molecule has 0 bridgehead atoms. The number of hydrogen-bond acceptors (Lipinski definition) is 3. The number of carboxylic acid groups (broad SMARTS) is 1. The normalized spacial score (nSPS) is 27.5. The number of carbonyl (C=O) groups is 2. The van der Waals surface area contributed by atoms with Crippen LogP contribution in [0.25, 0.3) is 0 Å². The van der Waals surface area contributed by atoms with Crippen molar-refractivity contribution < 1.29 is 19.4 Å². The van der Waals surface area contributed by atoms with Gasteiger partial charge in [-0.25, -0.2) is 4.79 Å². The Morgan fingerprint density at radius 3 is 2.85 bits per heavy atom. The molecular formula is C8H11NO4. The van der Waals surface area contributed by atoms with Gasteiger partial charge in [-0.15, -0.1) is 0 Å². The van der Waals surface area contributed by atoms with Gasteiger partial charge in [0.15, 0.2) is 0 Å². The van der Waals surface area contributed by atoms with Crippen molar-refractivity contribution in [3.63, 3.8) is 0 Å². The molecule has 2 rings (SSSR count). The third kappa shape index (κ3) is 1.59. The van der Waals surface area contributed by atoms with E-state index in [1.54, 1.807) is 4.90 Å². The molecule has 0 spiro atoms. The van der Waals surface area contributed by atoms with Crippen LogP contribution in [0.3, 0.4) is 0 Å². The summed E-state index contributed by atoms with van der Waals surface area (Å²) in [5.74, 6) is -0.881. The molecular weight excluding hydrogens is 174 g/mol. The molecule has 5 nitrogen and oxygen atoms in total. The molecule has 0 radical (unpaired) electrons. The van der Waals surface area contributed by atoms with Crippen LogP contribution in [0.15, 0.2) is 0 Å². The van der Waals surface area contributed by atoms with Crippen LogP contribution in [-0.4, -0.2) is 40.8 Å². The fourth-order valence-electron chi connectivity index (χ4n) is 1.63. The number of ether oxygens (including phenoxy) is 1. The number of cyclic esters (lactones) is 1. The van der Waals surface area contributed by atoms with Crippen LogP contribution in [0, 0.1) is 0 Å². The zero-order chi connectivity index (χ0) is 9.42. The molecule has 0 aromatic carbocycles. The molecule has 72 valence electrons. The van der Waals surface area contributed by atoms with Crippen molar-refractivity contribution in [3.05, 3.63) is 0 Å². The molecule has 1 heterocycles. The first kappa shape index (κ1) is 8.34. The van der Waals surface area contributed by atoms with Gasteiger partial charge in [-0.1, -0.05) is 0 Å². The second kappa shape index (κ2) is 2.90. The molecule has 1 saturated carbocycles. The van der Waals surface area contributed by atoms with E-state index in [1.807, 2.05) is 0 Å².